The molecule has 10 heteroatoms. The zero-order valence-electron chi connectivity index (χ0n) is 18.5. The number of halogens is 1. The van der Waals surface area contributed by atoms with Crippen LogP contribution in [0.4, 0.5) is 10.1 Å². The van der Waals surface area contributed by atoms with Crippen LogP contribution in [0.1, 0.15) is 6.42 Å². The third-order valence-corrected chi connectivity index (χ3v) is 7.97. The molecule has 2 fully saturated rings. The maximum Gasteiger partial charge on any atom is 0.188 e. The standard InChI is InChI=1S/C24H23FN4O4S/c1-31-6-7-32-22-11-21-18(9-19(22)25)24(27-26-21)23-10-20(28-33-23)14-2-4-15(5-3-14)29-16-8-17(29)13-34(30)12-16/h2-5,9-11,16-17H,6-8,12-13H2,1H3,(H,26,27). The minimum Gasteiger partial charge on any atom is -0.616 e. The van der Waals surface area contributed by atoms with Crippen LogP contribution in [0.5, 0.6) is 5.75 Å². The number of hydrogen-bond acceptors (Lipinski definition) is 7. The highest BCUT2D eigenvalue weighted by molar-refractivity contribution is 7.91. The van der Waals surface area contributed by atoms with Gasteiger partial charge in [0.15, 0.2) is 17.3 Å². The summed E-state index contributed by atoms with van der Waals surface area (Å²) < 4.78 is 42.3. The number of anilines is 1. The van der Waals surface area contributed by atoms with E-state index in [1.54, 1.807) is 19.2 Å². The molecule has 176 valence electrons. The molecule has 2 bridgehead atoms. The van der Waals surface area contributed by atoms with Crippen molar-refractivity contribution in [3.63, 3.8) is 0 Å². The molecular weight excluding hydrogens is 459 g/mol. The molecule has 2 saturated heterocycles. The second-order valence-electron chi connectivity index (χ2n) is 8.59. The number of rotatable bonds is 7. The smallest absolute Gasteiger partial charge is 0.188 e. The van der Waals surface area contributed by atoms with Crippen LogP contribution in [0.3, 0.4) is 0 Å². The van der Waals surface area contributed by atoms with Crippen LogP contribution in [-0.4, -0.2) is 63.8 Å². The van der Waals surface area contributed by atoms with Gasteiger partial charge in [-0.2, -0.15) is 5.10 Å². The van der Waals surface area contributed by atoms with Gasteiger partial charge in [-0.15, -0.1) is 0 Å². The van der Waals surface area contributed by atoms with Crippen molar-refractivity contribution in [1.82, 2.24) is 15.4 Å². The van der Waals surface area contributed by atoms with E-state index in [1.165, 1.54) is 6.07 Å². The Kier molecular flexibility index (Phi) is 5.43. The lowest BCUT2D eigenvalue weighted by molar-refractivity contribution is 0.144. The predicted molar refractivity (Wildman–Crippen MR) is 127 cm³/mol. The fourth-order valence-corrected chi connectivity index (χ4v) is 6.38. The zero-order chi connectivity index (χ0) is 23.2. The first-order valence-corrected chi connectivity index (χ1v) is 12.6. The molecule has 2 aliphatic rings. The lowest BCUT2D eigenvalue weighted by Crippen LogP contribution is -2.66. The number of aromatic amines is 1. The van der Waals surface area contributed by atoms with Crippen LogP contribution in [-0.2, 0) is 15.9 Å². The quantitative estimate of drug-likeness (QED) is 0.316. The van der Waals surface area contributed by atoms with Crippen molar-refractivity contribution >= 4 is 27.8 Å². The van der Waals surface area contributed by atoms with Crippen molar-refractivity contribution in [2.45, 2.75) is 18.5 Å². The van der Waals surface area contributed by atoms with E-state index >= 15 is 0 Å². The first kappa shape index (κ1) is 21.5. The van der Waals surface area contributed by atoms with Gasteiger partial charge in [0.25, 0.3) is 0 Å². The first-order valence-electron chi connectivity index (χ1n) is 11.1. The Hall–Kier alpha value is -3.08. The average Bonchev–Trinajstić information content (AvgIpc) is 3.46. The van der Waals surface area contributed by atoms with Crippen molar-refractivity contribution in [1.29, 1.82) is 0 Å². The van der Waals surface area contributed by atoms with Crippen LogP contribution in [0, 0.1) is 5.82 Å². The molecule has 1 N–H and O–H groups in total. The van der Waals surface area contributed by atoms with Crippen LogP contribution < -0.4 is 9.64 Å². The van der Waals surface area contributed by atoms with Gasteiger partial charge in [0, 0.05) is 35.9 Å². The number of ether oxygens (including phenoxy) is 2. The number of H-pyrrole nitrogens is 1. The van der Waals surface area contributed by atoms with Gasteiger partial charge in [0.1, 0.15) is 29.5 Å². The van der Waals surface area contributed by atoms with Gasteiger partial charge in [-0.3, -0.25) is 5.10 Å². The highest BCUT2D eigenvalue weighted by atomic mass is 32.2. The largest absolute Gasteiger partial charge is 0.616 e. The van der Waals surface area contributed by atoms with E-state index in [-0.39, 0.29) is 12.4 Å². The van der Waals surface area contributed by atoms with E-state index < -0.39 is 17.0 Å². The van der Waals surface area contributed by atoms with Crippen LogP contribution in [0.25, 0.3) is 33.6 Å². The molecule has 8 nitrogen and oxygen atoms in total. The predicted octanol–water partition coefficient (Wildman–Crippen LogP) is 3.76. The van der Waals surface area contributed by atoms with E-state index in [4.69, 9.17) is 14.0 Å². The number of methoxy groups -OCH3 is 1. The second kappa shape index (κ2) is 8.61. The summed E-state index contributed by atoms with van der Waals surface area (Å²) in [5, 5.41) is 12.0. The highest BCUT2D eigenvalue weighted by Crippen LogP contribution is 2.39. The summed E-state index contributed by atoms with van der Waals surface area (Å²) in [6, 6.07) is 13.7. The average molecular weight is 483 g/mol. The van der Waals surface area contributed by atoms with Gasteiger partial charge in [0.05, 0.1) is 24.2 Å². The van der Waals surface area contributed by atoms with Crippen LogP contribution in [0.2, 0.25) is 0 Å². The molecule has 0 amide bonds. The molecule has 2 aliphatic heterocycles. The monoisotopic (exact) mass is 482 g/mol. The molecule has 0 spiro atoms. The lowest BCUT2D eigenvalue weighted by atomic mass is 9.93. The number of nitrogens with one attached hydrogen (secondary N) is 1. The summed E-state index contributed by atoms with van der Waals surface area (Å²) in [6.45, 7) is 0.621. The molecule has 0 saturated carbocycles. The summed E-state index contributed by atoms with van der Waals surface area (Å²) >= 11 is -0.685. The molecule has 0 aliphatic carbocycles. The third-order valence-electron chi connectivity index (χ3n) is 6.45. The molecule has 2 aromatic heterocycles. The van der Waals surface area contributed by atoms with E-state index in [0.717, 1.165) is 29.2 Å². The zero-order valence-corrected chi connectivity index (χ0v) is 19.3. The number of benzene rings is 2. The van der Waals surface area contributed by atoms with Crippen molar-refractivity contribution in [3.05, 3.63) is 48.3 Å². The van der Waals surface area contributed by atoms with Crippen LogP contribution >= 0.6 is 0 Å². The summed E-state index contributed by atoms with van der Waals surface area (Å²) in [4.78, 5) is 2.37. The molecular formula is C24H23FN4O4S. The third kappa shape index (κ3) is 3.71. The number of aromatic nitrogens is 3. The Labute approximate surface area is 198 Å². The molecule has 2 aromatic carbocycles. The number of nitrogens with zero attached hydrogens (tertiary/aromatic N) is 3. The number of fused-ring (bicyclic) bond motifs is 3. The van der Waals surface area contributed by atoms with E-state index in [2.05, 4.69) is 32.4 Å². The van der Waals surface area contributed by atoms with Gasteiger partial charge < -0.3 is 23.4 Å². The lowest BCUT2D eigenvalue weighted by Gasteiger charge is -2.53. The van der Waals surface area contributed by atoms with E-state index in [1.807, 2.05) is 12.1 Å². The molecule has 4 heterocycles. The van der Waals surface area contributed by atoms with Crippen molar-refractivity contribution in [3.8, 4) is 28.5 Å². The normalized spacial score (nSPS) is 21.6. The molecule has 6 rings (SSSR count). The van der Waals surface area contributed by atoms with E-state index in [0.29, 0.717) is 46.7 Å². The molecule has 34 heavy (non-hydrogen) atoms. The topological polar surface area (TPSA) is 99.5 Å². The molecule has 0 radical (unpaired) electrons. The Morgan fingerprint density at radius 2 is 1.97 bits per heavy atom. The Bertz CT molecular complexity index is 1310. The summed E-state index contributed by atoms with van der Waals surface area (Å²) in [7, 11) is 1.56. The Morgan fingerprint density at radius 1 is 1.18 bits per heavy atom. The molecule has 2 atom stereocenters. The second-order valence-corrected chi connectivity index (χ2v) is 10.1. The summed E-state index contributed by atoms with van der Waals surface area (Å²) in [5.41, 5.74) is 3.83. The van der Waals surface area contributed by atoms with Gasteiger partial charge in [-0.1, -0.05) is 17.3 Å². The van der Waals surface area contributed by atoms with Gasteiger partial charge in [-0.05, 0) is 35.8 Å². The van der Waals surface area contributed by atoms with E-state index in [9.17, 15) is 8.94 Å². The maximum atomic E-state index is 14.6. The molecule has 2 unspecified atom stereocenters. The minimum atomic E-state index is -0.685. The summed E-state index contributed by atoms with van der Waals surface area (Å²) in [6.07, 6.45) is 1.12. The van der Waals surface area contributed by atoms with Crippen molar-refractivity contribution in [2.24, 2.45) is 0 Å². The molecule has 4 aromatic rings. The Morgan fingerprint density at radius 3 is 2.74 bits per heavy atom. The minimum absolute atomic E-state index is 0.135. The maximum absolute atomic E-state index is 14.6. The fourth-order valence-electron chi connectivity index (χ4n) is 4.80. The van der Waals surface area contributed by atoms with Gasteiger partial charge in [-0.25, -0.2) is 4.39 Å². The van der Waals surface area contributed by atoms with Crippen LogP contribution in [0.15, 0.2) is 47.0 Å². The van der Waals surface area contributed by atoms with Crippen molar-refractivity contribution in [2.75, 3.05) is 36.7 Å². The fraction of sp³-hybridized carbons (Fsp3) is 0.333. The first-order chi connectivity index (χ1) is 16.6. The number of hydrogen-bond donors (Lipinski definition) is 1. The van der Waals surface area contributed by atoms with Gasteiger partial charge in [0.2, 0.25) is 0 Å². The summed E-state index contributed by atoms with van der Waals surface area (Å²) in [5.74, 6) is 1.60. The van der Waals surface area contributed by atoms with Crippen molar-refractivity contribution < 1.29 is 22.9 Å². The Balaban J connectivity index is 1.22. The van der Waals surface area contributed by atoms with Gasteiger partial charge >= 0.3 is 0 Å². The highest BCUT2D eigenvalue weighted by Gasteiger charge is 2.47. The SMILES string of the molecule is COCCOc1cc2[nH]nc(-c3cc(-c4ccc(N5C6CC5C[S+]([O-])C6)cc4)no3)c2cc1F.